The molecule has 0 atom stereocenters. The van der Waals surface area contributed by atoms with Gasteiger partial charge in [-0.25, -0.2) is 13.9 Å². The monoisotopic (exact) mass is 396 g/mol. The smallest absolute Gasteiger partial charge is 0.270 e. The summed E-state index contributed by atoms with van der Waals surface area (Å²) in [6.07, 6.45) is 4.31. The lowest BCUT2D eigenvalue weighted by Gasteiger charge is -2.13. The Bertz CT molecular complexity index is 1000. The lowest BCUT2D eigenvalue weighted by Crippen LogP contribution is -2.27. The van der Waals surface area contributed by atoms with Crippen molar-refractivity contribution in [2.24, 2.45) is 0 Å². The second kappa shape index (κ2) is 8.72. The number of carbonyl (C=O) groups is 1. The zero-order chi connectivity index (χ0) is 21.0. The van der Waals surface area contributed by atoms with E-state index in [0.29, 0.717) is 29.1 Å². The first kappa shape index (κ1) is 21.0. The van der Waals surface area contributed by atoms with E-state index in [1.165, 1.54) is 6.07 Å². The maximum atomic E-state index is 14.4. The molecule has 5 nitrogen and oxygen atoms in total. The number of nitrogens with zero attached hydrogens (tertiary/aromatic N) is 3. The van der Waals surface area contributed by atoms with E-state index >= 15 is 0 Å². The van der Waals surface area contributed by atoms with Crippen molar-refractivity contribution < 1.29 is 9.18 Å². The first-order chi connectivity index (χ1) is 13.8. The minimum Gasteiger partial charge on any atom is -0.351 e. The summed E-state index contributed by atoms with van der Waals surface area (Å²) in [6, 6.07) is 9.94. The Morgan fingerprint density at radius 2 is 1.90 bits per heavy atom. The number of fused-ring (bicyclic) bond motifs is 1. The summed E-state index contributed by atoms with van der Waals surface area (Å²) in [7, 11) is 0. The highest BCUT2D eigenvalue weighted by Crippen LogP contribution is 2.26. The van der Waals surface area contributed by atoms with Gasteiger partial charge in [-0.05, 0) is 24.6 Å². The van der Waals surface area contributed by atoms with Crippen molar-refractivity contribution in [3.63, 3.8) is 0 Å². The quantitative estimate of drug-likeness (QED) is 0.562. The van der Waals surface area contributed by atoms with Gasteiger partial charge >= 0.3 is 0 Å². The van der Waals surface area contributed by atoms with Gasteiger partial charge < -0.3 is 5.32 Å². The molecule has 2 aromatic heterocycles. The molecule has 0 fully saturated rings. The van der Waals surface area contributed by atoms with Gasteiger partial charge in [-0.2, -0.15) is 5.10 Å². The highest BCUT2D eigenvalue weighted by atomic mass is 19.1. The van der Waals surface area contributed by atoms with Crippen molar-refractivity contribution in [2.75, 3.05) is 6.54 Å². The van der Waals surface area contributed by atoms with Crippen molar-refractivity contribution in [3.05, 3.63) is 53.6 Å². The van der Waals surface area contributed by atoms with Gasteiger partial charge in [0.2, 0.25) is 0 Å². The Morgan fingerprint density at radius 3 is 2.59 bits per heavy atom. The molecule has 3 rings (SSSR count). The zero-order valence-corrected chi connectivity index (χ0v) is 17.6. The highest BCUT2D eigenvalue weighted by Gasteiger charge is 2.22. The van der Waals surface area contributed by atoms with Crippen molar-refractivity contribution in [3.8, 4) is 11.3 Å². The largest absolute Gasteiger partial charge is 0.351 e. The summed E-state index contributed by atoms with van der Waals surface area (Å²) in [5.41, 5.74) is 2.32. The number of amides is 1. The Hall–Kier alpha value is -2.76. The van der Waals surface area contributed by atoms with Crippen LogP contribution in [-0.4, -0.2) is 27.0 Å². The fourth-order valence-electron chi connectivity index (χ4n) is 3.15. The van der Waals surface area contributed by atoms with Gasteiger partial charge in [0.1, 0.15) is 11.5 Å². The fraction of sp³-hybridized carbons (Fsp3) is 0.435. The Morgan fingerprint density at radius 1 is 1.14 bits per heavy atom. The number of halogens is 1. The van der Waals surface area contributed by atoms with E-state index in [1.807, 2.05) is 6.07 Å². The lowest BCUT2D eigenvalue weighted by molar-refractivity contribution is 0.0945. The van der Waals surface area contributed by atoms with Crippen LogP contribution in [0.25, 0.3) is 16.9 Å². The third kappa shape index (κ3) is 4.81. The molecule has 29 heavy (non-hydrogen) atoms. The van der Waals surface area contributed by atoms with Crippen LogP contribution in [0.15, 0.2) is 36.4 Å². The van der Waals surface area contributed by atoms with Crippen LogP contribution in [0, 0.1) is 5.82 Å². The summed E-state index contributed by atoms with van der Waals surface area (Å²) in [5, 5.41) is 7.59. The van der Waals surface area contributed by atoms with Crippen molar-refractivity contribution in [1.82, 2.24) is 19.9 Å². The molecule has 0 saturated carbocycles. The van der Waals surface area contributed by atoms with E-state index in [0.717, 1.165) is 31.4 Å². The topological polar surface area (TPSA) is 59.3 Å². The summed E-state index contributed by atoms with van der Waals surface area (Å²) >= 11 is 0. The Balaban J connectivity index is 2.02. The van der Waals surface area contributed by atoms with E-state index in [1.54, 1.807) is 28.8 Å². The van der Waals surface area contributed by atoms with E-state index in [-0.39, 0.29) is 17.1 Å². The predicted molar refractivity (Wildman–Crippen MR) is 114 cm³/mol. The van der Waals surface area contributed by atoms with E-state index in [4.69, 9.17) is 0 Å². The van der Waals surface area contributed by atoms with Crippen LogP contribution in [0.5, 0.6) is 0 Å². The van der Waals surface area contributed by atoms with Gasteiger partial charge in [-0.1, -0.05) is 59.1 Å². The number of benzene rings is 1. The molecule has 0 bridgehead atoms. The molecule has 0 aliphatic carbocycles. The summed E-state index contributed by atoms with van der Waals surface area (Å²) in [6.45, 7) is 8.92. The average Bonchev–Trinajstić information content (AvgIpc) is 3.12. The molecule has 1 N–H and O–H groups in total. The molecule has 1 aromatic carbocycles. The van der Waals surface area contributed by atoms with Gasteiger partial charge in [-0.3, -0.25) is 4.79 Å². The molecule has 0 saturated heterocycles. The molecule has 154 valence electrons. The number of nitrogens with one attached hydrogen (secondary N) is 1. The number of rotatable bonds is 7. The zero-order valence-electron chi connectivity index (χ0n) is 17.6. The summed E-state index contributed by atoms with van der Waals surface area (Å²) < 4.78 is 15.9. The lowest BCUT2D eigenvalue weighted by atomic mass is 9.93. The van der Waals surface area contributed by atoms with Gasteiger partial charge in [-0.15, -0.1) is 0 Å². The number of aromatic nitrogens is 3. The van der Waals surface area contributed by atoms with Crippen LogP contribution >= 0.6 is 0 Å². The molecular formula is C23H29FN4O. The molecule has 1 amide bonds. The first-order valence-corrected chi connectivity index (χ1v) is 10.3. The van der Waals surface area contributed by atoms with Gasteiger partial charge in [0.15, 0.2) is 5.65 Å². The summed E-state index contributed by atoms with van der Waals surface area (Å²) in [4.78, 5) is 17.5. The summed E-state index contributed by atoms with van der Waals surface area (Å²) in [5.74, 6) is -0.596. The Kier molecular flexibility index (Phi) is 6.30. The molecule has 0 spiro atoms. The van der Waals surface area contributed by atoms with Crippen LogP contribution in [0.3, 0.4) is 0 Å². The van der Waals surface area contributed by atoms with E-state index in [9.17, 15) is 9.18 Å². The number of unbranched alkanes of at least 4 members (excludes halogenated alkanes) is 3. The molecule has 0 radical (unpaired) electrons. The fourth-order valence-corrected chi connectivity index (χ4v) is 3.15. The molecular weight excluding hydrogens is 367 g/mol. The van der Waals surface area contributed by atoms with Crippen LogP contribution < -0.4 is 5.32 Å². The molecule has 0 unspecified atom stereocenters. The third-order valence-corrected chi connectivity index (χ3v) is 4.89. The molecule has 6 heteroatoms. The maximum absolute atomic E-state index is 14.4. The maximum Gasteiger partial charge on any atom is 0.270 e. The van der Waals surface area contributed by atoms with Gasteiger partial charge in [0, 0.05) is 23.6 Å². The van der Waals surface area contributed by atoms with E-state index < -0.39 is 0 Å². The van der Waals surface area contributed by atoms with Gasteiger partial charge in [0.25, 0.3) is 5.91 Å². The van der Waals surface area contributed by atoms with Gasteiger partial charge in [0.05, 0.1) is 11.4 Å². The van der Waals surface area contributed by atoms with Crippen molar-refractivity contribution in [1.29, 1.82) is 0 Å². The Labute approximate surface area is 171 Å². The molecule has 0 aliphatic heterocycles. The number of hydrogen-bond donors (Lipinski definition) is 1. The predicted octanol–water partition coefficient (Wildman–Crippen LogP) is 5.14. The minimum absolute atomic E-state index is 0.195. The van der Waals surface area contributed by atoms with Crippen LogP contribution in [0.2, 0.25) is 0 Å². The first-order valence-electron chi connectivity index (χ1n) is 10.3. The second-order valence-electron chi connectivity index (χ2n) is 8.37. The average molecular weight is 397 g/mol. The van der Waals surface area contributed by atoms with Crippen LogP contribution in [-0.2, 0) is 5.41 Å². The minimum atomic E-state index is -0.370. The molecule has 3 aromatic rings. The molecule has 0 aliphatic rings. The SMILES string of the molecule is CCCCCCNC(=O)c1cc(-c2ccccc2F)nc2cc(C(C)(C)C)nn12. The third-order valence-electron chi connectivity index (χ3n) is 4.89. The standard InChI is InChI=1S/C23H29FN4O/c1-5-6-7-10-13-25-22(29)19-14-18(16-11-8-9-12-17(16)24)26-21-15-20(23(2,3)4)27-28(19)21/h8-9,11-12,14-15H,5-7,10,13H2,1-4H3,(H,25,29). The van der Waals surface area contributed by atoms with Crippen molar-refractivity contribution >= 4 is 11.6 Å². The molecule has 2 heterocycles. The number of hydrogen-bond acceptors (Lipinski definition) is 3. The van der Waals surface area contributed by atoms with Crippen molar-refractivity contribution in [2.45, 2.75) is 58.8 Å². The van der Waals surface area contributed by atoms with Crippen LogP contribution in [0.4, 0.5) is 4.39 Å². The normalized spacial score (nSPS) is 11.8. The number of carbonyl (C=O) groups excluding carboxylic acids is 1. The van der Waals surface area contributed by atoms with Crippen LogP contribution in [0.1, 0.15) is 69.6 Å². The second-order valence-corrected chi connectivity index (χ2v) is 8.37. The highest BCUT2D eigenvalue weighted by molar-refractivity contribution is 5.94. The van der Waals surface area contributed by atoms with E-state index in [2.05, 4.69) is 43.1 Å².